The molecule has 0 fully saturated rings. The molecule has 0 aliphatic carbocycles. The summed E-state index contributed by atoms with van der Waals surface area (Å²) in [7, 11) is 0. The summed E-state index contributed by atoms with van der Waals surface area (Å²) in [5.41, 5.74) is 4.30. The Bertz CT molecular complexity index is 564. The molecule has 4 nitrogen and oxygen atoms in total. The quantitative estimate of drug-likeness (QED) is 0.913. The summed E-state index contributed by atoms with van der Waals surface area (Å²) in [4.78, 5) is 4.49. The largest absolute Gasteiger partial charge is 0.309 e. The summed E-state index contributed by atoms with van der Waals surface area (Å²) in [6, 6.07) is 2.29. The van der Waals surface area contributed by atoms with Crippen LogP contribution in [-0.2, 0) is 0 Å². The van der Waals surface area contributed by atoms with Crippen LogP contribution in [0.2, 0.25) is 0 Å². The highest BCUT2D eigenvalue weighted by molar-refractivity contribution is 7.99. The molecule has 2 atom stereocenters. The van der Waals surface area contributed by atoms with E-state index in [0.29, 0.717) is 5.25 Å². The van der Waals surface area contributed by atoms with E-state index in [1.54, 1.807) is 0 Å². The first-order valence-electron chi connectivity index (χ1n) is 6.61. The van der Waals surface area contributed by atoms with Gasteiger partial charge in [0.25, 0.3) is 0 Å². The topological polar surface area (TPSA) is 42.2 Å². The normalized spacial score (nSPS) is 14.8. The molecule has 2 aromatic heterocycles. The van der Waals surface area contributed by atoms with Crippen LogP contribution in [0, 0.1) is 13.8 Å². The van der Waals surface area contributed by atoms with Crippen molar-refractivity contribution >= 4 is 17.4 Å². The Balaban J connectivity index is 2.22. The molecule has 2 unspecified atom stereocenters. The minimum Gasteiger partial charge on any atom is -0.309 e. The molecule has 19 heavy (non-hydrogen) atoms. The average molecular weight is 278 g/mol. The molecule has 2 rings (SSSR count). The number of nitrogens with one attached hydrogen (secondary N) is 1. The zero-order valence-electron chi connectivity index (χ0n) is 12.3. The van der Waals surface area contributed by atoms with E-state index in [9.17, 15) is 0 Å². The lowest BCUT2D eigenvalue weighted by Crippen LogP contribution is -2.26. The second kappa shape index (κ2) is 5.92. The van der Waals surface area contributed by atoms with Crippen molar-refractivity contribution in [1.29, 1.82) is 0 Å². The van der Waals surface area contributed by atoms with Gasteiger partial charge in [0.1, 0.15) is 0 Å². The molecule has 0 radical (unpaired) electrons. The Kier molecular flexibility index (Phi) is 4.47. The van der Waals surface area contributed by atoms with E-state index in [-0.39, 0.29) is 6.04 Å². The van der Waals surface area contributed by atoms with Crippen molar-refractivity contribution in [2.75, 3.05) is 12.8 Å². The summed E-state index contributed by atoms with van der Waals surface area (Å²) in [5.74, 6) is 0. The van der Waals surface area contributed by atoms with Crippen molar-refractivity contribution in [2.24, 2.45) is 0 Å². The van der Waals surface area contributed by atoms with Gasteiger partial charge >= 0.3 is 0 Å². The number of rotatable bonds is 5. The van der Waals surface area contributed by atoms with Crippen LogP contribution in [0.5, 0.6) is 0 Å². The average Bonchev–Trinajstić information content (AvgIpc) is 2.77. The van der Waals surface area contributed by atoms with Gasteiger partial charge in [-0.3, -0.25) is 0 Å². The first-order valence-corrected chi connectivity index (χ1v) is 7.89. The Morgan fingerprint density at radius 1 is 1.37 bits per heavy atom. The summed E-state index contributed by atoms with van der Waals surface area (Å²) in [6.45, 7) is 9.51. The predicted molar refractivity (Wildman–Crippen MR) is 81.9 cm³/mol. The number of fused-ring (bicyclic) bond motifs is 1. The van der Waals surface area contributed by atoms with E-state index >= 15 is 0 Å². The third-order valence-electron chi connectivity index (χ3n) is 3.46. The SMILES string of the molecule is CSC(C)CNC(C)c1cnc2cc(C)nn2c1C. The third kappa shape index (κ3) is 3.09. The van der Waals surface area contributed by atoms with Crippen molar-refractivity contribution in [3.8, 4) is 0 Å². The highest BCUT2D eigenvalue weighted by Gasteiger charge is 2.13. The number of aromatic nitrogens is 3. The molecule has 0 spiro atoms. The molecule has 1 N–H and O–H groups in total. The van der Waals surface area contributed by atoms with E-state index in [4.69, 9.17) is 0 Å². The minimum absolute atomic E-state index is 0.288. The summed E-state index contributed by atoms with van der Waals surface area (Å²) >= 11 is 1.88. The Morgan fingerprint density at radius 3 is 2.79 bits per heavy atom. The van der Waals surface area contributed by atoms with Gasteiger partial charge in [-0.05, 0) is 27.0 Å². The maximum atomic E-state index is 4.49. The molecule has 0 aromatic carbocycles. The molecule has 0 amide bonds. The molecule has 2 heterocycles. The van der Waals surface area contributed by atoms with Crippen LogP contribution in [0.1, 0.15) is 36.8 Å². The number of thioether (sulfide) groups is 1. The van der Waals surface area contributed by atoms with Gasteiger partial charge in [-0.2, -0.15) is 16.9 Å². The van der Waals surface area contributed by atoms with Crippen LogP contribution in [0.3, 0.4) is 0 Å². The maximum Gasteiger partial charge on any atom is 0.155 e. The summed E-state index contributed by atoms with van der Waals surface area (Å²) in [6.07, 6.45) is 4.11. The van der Waals surface area contributed by atoms with Crippen molar-refractivity contribution in [1.82, 2.24) is 19.9 Å². The second-order valence-electron chi connectivity index (χ2n) is 5.03. The lowest BCUT2D eigenvalue weighted by molar-refractivity contribution is 0.567. The molecule has 2 aromatic rings. The monoisotopic (exact) mass is 278 g/mol. The fraction of sp³-hybridized carbons (Fsp3) is 0.571. The highest BCUT2D eigenvalue weighted by atomic mass is 32.2. The molecule has 0 saturated carbocycles. The van der Waals surface area contributed by atoms with Crippen molar-refractivity contribution < 1.29 is 0 Å². The molecular weight excluding hydrogens is 256 g/mol. The van der Waals surface area contributed by atoms with E-state index < -0.39 is 0 Å². The summed E-state index contributed by atoms with van der Waals surface area (Å²) in [5, 5.41) is 8.67. The molecule has 5 heteroatoms. The minimum atomic E-state index is 0.288. The number of hydrogen-bond donors (Lipinski definition) is 1. The first kappa shape index (κ1) is 14.3. The van der Waals surface area contributed by atoms with Gasteiger partial charge in [-0.1, -0.05) is 6.92 Å². The zero-order valence-corrected chi connectivity index (χ0v) is 13.1. The van der Waals surface area contributed by atoms with Crippen LogP contribution in [0.25, 0.3) is 5.65 Å². The standard InChI is InChI=1S/C14H22N4S/c1-9-6-14-16-8-13(12(4)18(14)17-9)11(3)15-7-10(2)19-5/h6,8,10-11,15H,7H2,1-5H3. The highest BCUT2D eigenvalue weighted by Crippen LogP contribution is 2.18. The number of hydrogen-bond acceptors (Lipinski definition) is 4. The van der Waals surface area contributed by atoms with E-state index in [2.05, 4.69) is 42.4 Å². The van der Waals surface area contributed by atoms with Gasteiger partial charge in [-0.15, -0.1) is 0 Å². The molecule has 0 saturated heterocycles. The molecular formula is C14H22N4S. The smallest absolute Gasteiger partial charge is 0.155 e. The van der Waals surface area contributed by atoms with Crippen LogP contribution < -0.4 is 5.32 Å². The van der Waals surface area contributed by atoms with Crippen molar-refractivity contribution in [3.63, 3.8) is 0 Å². The first-order chi connectivity index (χ1) is 9.02. The molecule has 104 valence electrons. The predicted octanol–water partition coefficient (Wildman–Crippen LogP) is 2.75. The maximum absolute atomic E-state index is 4.49. The van der Waals surface area contributed by atoms with Crippen LogP contribution in [0.4, 0.5) is 0 Å². The van der Waals surface area contributed by atoms with Crippen molar-refractivity contribution in [2.45, 2.75) is 39.0 Å². The Hall–Kier alpha value is -1.07. The van der Waals surface area contributed by atoms with Gasteiger partial charge < -0.3 is 5.32 Å². The van der Waals surface area contributed by atoms with E-state index in [0.717, 1.165) is 23.6 Å². The van der Waals surface area contributed by atoms with E-state index in [1.165, 1.54) is 5.56 Å². The van der Waals surface area contributed by atoms with Gasteiger partial charge in [0, 0.05) is 41.4 Å². The Morgan fingerprint density at radius 2 is 2.11 bits per heavy atom. The number of nitrogens with zero attached hydrogens (tertiary/aromatic N) is 3. The lowest BCUT2D eigenvalue weighted by atomic mass is 10.1. The zero-order chi connectivity index (χ0) is 14.0. The fourth-order valence-electron chi connectivity index (χ4n) is 2.14. The van der Waals surface area contributed by atoms with Gasteiger partial charge in [0.15, 0.2) is 5.65 Å². The molecule has 0 aliphatic rings. The Labute approximate surface area is 119 Å². The van der Waals surface area contributed by atoms with E-state index in [1.807, 2.05) is 35.5 Å². The van der Waals surface area contributed by atoms with Gasteiger partial charge in [-0.25, -0.2) is 9.50 Å². The van der Waals surface area contributed by atoms with Gasteiger partial charge in [0.05, 0.1) is 5.69 Å². The third-order valence-corrected chi connectivity index (χ3v) is 4.44. The van der Waals surface area contributed by atoms with Crippen LogP contribution >= 0.6 is 11.8 Å². The fourth-order valence-corrected chi connectivity index (χ4v) is 2.40. The summed E-state index contributed by atoms with van der Waals surface area (Å²) < 4.78 is 1.93. The number of aryl methyl sites for hydroxylation is 2. The lowest BCUT2D eigenvalue weighted by Gasteiger charge is -2.18. The van der Waals surface area contributed by atoms with Crippen LogP contribution in [0.15, 0.2) is 12.3 Å². The van der Waals surface area contributed by atoms with Crippen molar-refractivity contribution in [3.05, 3.63) is 29.2 Å². The van der Waals surface area contributed by atoms with Crippen LogP contribution in [-0.4, -0.2) is 32.6 Å². The second-order valence-corrected chi connectivity index (χ2v) is 6.31. The molecule has 0 bridgehead atoms. The van der Waals surface area contributed by atoms with Gasteiger partial charge in [0.2, 0.25) is 0 Å². The molecule has 0 aliphatic heterocycles.